The molecule has 0 amide bonds. The highest BCUT2D eigenvalue weighted by molar-refractivity contribution is 6.32. The number of nitrogens with one attached hydrogen (secondary N) is 1. The van der Waals surface area contributed by atoms with Crippen molar-refractivity contribution in [2.45, 2.75) is 13.5 Å². The first-order valence-corrected chi connectivity index (χ1v) is 6.69. The van der Waals surface area contributed by atoms with Crippen LogP contribution >= 0.6 is 11.6 Å². The van der Waals surface area contributed by atoms with Gasteiger partial charge >= 0.3 is 0 Å². The molecule has 0 saturated heterocycles. The molecule has 0 aliphatic rings. The molecule has 0 spiro atoms. The monoisotopic (exact) mass is 301 g/mol. The van der Waals surface area contributed by atoms with Crippen LogP contribution in [0.2, 0.25) is 5.02 Å². The highest BCUT2D eigenvalue weighted by Crippen LogP contribution is 2.19. The Labute approximate surface area is 126 Å². The molecule has 7 heteroatoms. The molecule has 0 aliphatic carbocycles. The van der Waals surface area contributed by atoms with E-state index in [4.69, 9.17) is 16.1 Å². The molecule has 21 heavy (non-hydrogen) atoms. The van der Waals surface area contributed by atoms with Gasteiger partial charge in [0.15, 0.2) is 0 Å². The summed E-state index contributed by atoms with van der Waals surface area (Å²) < 4.78 is 4.73. The predicted octanol–water partition coefficient (Wildman–Crippen LogP) is 3.10. The van der Waals surface area contributed by atoms with E-state index in [1.165, 1.54) is 6.39 Å². The number of rotatable bonds is 4. The molecule has 0 radical (unpaired) electrons. The summed E-state index contributed by atoms with van der Waals surface area (Å²) >= 11 is 6.04. The summed E-state index contributed by atoms with van der Waals surface area (Å²) in [7, 11) is 0. The number of hydrogen-bond acceptors (Lipinski definition) is 6. The fourth-order valence-corrected chi connectivity index (χ4v) is 1.99. The Morgan fingerprint density at radius 2 is 2.00 bits per heavy atom. The van der Waals surface area contributed by atoms with Crippen molar-refractivity contribution in [2.24, 2.45) is 0 Å². The number of benzene rings is 1. The maximum atomic E-state index is 6.04. The highest BCUT2D eigenvalue weighted by Gasteiger charge is 2.05. The van der Waals surface area contributed by atoms with Gasteiger partial charge in [-0.1, -0.05) is 41.0 Å². The average Bonchev–Trinajstić information content (AvgIpc) is 3.03. The molecule has 6 nitrogen and oxygen atoms in total. The van der Waals surface area contributed by atoms with Gasteiger partial charge < -0.3 is 9.84 Å². The lowest BCUT2D eigenvalue weighted by Crippen LogP contribution is -2.03. The zero-order valence-electron chi connectivity index (χ0n) is 11.2. The average molecular weight is 302 g/mol. The first kappa shape index (κ1) is 13.5. The van der Waals surface area contributed by atoms with Gasteiger partial charge in [-0.2, -0.15) is 4.98 Å². The zero-order valence-corrected chi connectivity index (χ0v) is 12.0. The van der Waals surface area contributed by atoms with Gasteiger partial charge in [0.05, 0.1) is 6.20 Å². The van der Waals surface area contributed by atoms with Crippen LogP contribution in [0, 0.1) is 6.92 Å². The van der Waals surface area contributed by atoms with E-state index in [1.807, 2.05) is 31.2 Å². The van der Waals surface area contributed by atoms with E-state index in [1.54, 1.807) is 6.20 Å². The molecule has 0 unspecified atom stereocenters. The summed E-state index contributed by atoms with van der Waals surface area (Å²) in [4.78, 5) is 12.3. The van der Waals surface area contributed by atoms with E-state index < -0.39 is 0 Å². The molecule has 0 atom stereocenters. The summed E-state index contributed by atoms with van der Waals surface area (Å²) in [6, 6.07) is 7.85. The molecule has 1 N–H and O–H groups in total. The van der Waals surface area contributed by atoms with Gasteiger partial charge in [-0.05, 0) is 12.5 Å². The molecule has 2 aromatic heterocycles. The standard InChI is InChI=1S/C14H12ClN5O/c1-9-16-7-12(15)14(19-9)17-6-10-2-4-11(5-3-10)13-18-8-21-20-13/h2-5,7-8H,6H2,1H3,(H,16,17,19). The second-order valence-electron chi connectivity index (χ2n) is 4.42. The third kappa shape index (κ3) is 3.17. The quantitative estimate of drug-likeness (QED) is 0.798. The van der Waals surface area contributed by atoms with Crippen molar-refractivity contribution in [3.05, 3.63) is 53.3 Å². The third-order valence-electron chi connectivity index (χ3n) is 2.90. The third-order valence-corrected chi connectivity index (χ3v) is 3.17. The Hall–Kier alpha value is -2.47. The fraction of sp³-hybridized carbons (Fsp3) is 0.143. The van der Waals surface area contributed by atoms with Gasteiger partial charge in [0.1, 0.15) is 16.7 Å². The van der Waals surface area contributed by atoms with E-state index >= 15 is 0 Å². The maximum absolute atomic E-state index is 6.04. The SMILES string of the molecule is Cc1ncc(Cl)c(NCc2ccc(-c3ncon3)cc2)n1. The number of aryl methyl sites for hydroxylation is 1. The van der Waals surface area contributed by atoms with Crippen LogP contribution in [0.15, 0.2) is 41.4 Å². The van der Waals surface area contributed by atoms with Crippen LogP contribution in [-0.4, -0.2) is 20.1 Å². The molecule has 106 valence electrons. The van der Waals surface area contributed by atoms with E-state index in [0.29, 0.717) is 29.0 Å². The summed E-state index contributed by atoms with van der Waals surface area (Å²) in [5, 5.41) is 7.49. The first-order valence-electron chi connectivity index (χ1n) is 6.31. The highest BCUT2D eigenvalue weighted by atomic mass is 35.5. The lowest BCUT2D eigenvalue weighted by atomic mass is 10.1. The van der Waals surface area contributed by atoms with Crippen molar-refractivity contribution >= 4 is 17.4 Å². The number of hydrogen-bond donors (Lipinski definition) is 1. The minimum Gasteiger partial charge on any atom is -0.365 e. The second-order valence-corrected chi connectivity index (χ2v) is 4.83. The first-order chi connectivity index (χ1) is 10.2. The molecule has 3 aromatic rings. The van der Waals surface area contributed by atoms with Crippen LogP contribution in [0.3, 0.4) is 0 Å². The van der Waals surface area contributed by atoms with Gasteiger partial charge in [0.25, 0.3) is 0 Å². The molecule has 1 aromatic carbocycles. The number of halogens is 1. The number of anilines is 1. The molecule has 0 aliphatic heterocycles. The predicted molar refractivity (Wildman–Crippen MR) is 78.8 cm³/mol. The van der Waals surface area contributed by atoms with E-state index in [0.717, 1.165) is 11.1 Å². The Morgan fingerprint density at radius 1 is 1.19 bits per heavy atom. The van der Waals surface area contributed by atoms with Gasteiger partial charge in [0, 0.05) is 12.1 Å². The van der Waals surface area contributed by atoms with Gasteiger partial charge in [-0.25, -0.2) is 9.97 Å². The lowest BCUT2D eigenvalue weighted by Gasteiger charge is -2.08. The normalized spacial score (nSPS) is 10.6. The number of nitrogens with zero attached hydrogens (tertiary/aromatic N) is 4. The topological polar surface area (TPSA) is 76.7 Å². The second kappa shape index (κ2) is 5.88. The lowest BCUT2D eigenvalue weighted by molar-refractivity contribution is 0.419. The minimum absolute atomic E-state index is 0.504. The maximum Gasteiger partial charge on any atom is 0.214 e. The van der Waals surface area contributed by atoms with Crippen molar-refractivity contribution in [3.8, 4) is 11.4 Å². The summed E-state index contributed by atoms with van der Waals surface area (Å²) in [6.07, 6.45) is 2.90. The van der Waals surface area contributed by atoms with E-state index in [9.17, 15) is 0 Å². The molecular formula is C14H12ClN5O. The molecule has 3 rings (SSSR count). The molecule has 0 bridgehead atoms. The van der Waals surface area contributed by atoms with Gasteiger partial charge in [-0.15, -0.1) is 0 Å². The van der Waals surface area contributed by atoms with E-state index in [2.05, 4.69) is 25.4 Å². The molecule has 2 heterocycles. The number of aromatic nitrogens is 4. The van der Waals surface area contributed by atoms with Gasteiger partial charge in [0.2, 0.25) is 12.2 Å². The zero-order chi connectivity index (χ0) is 14.7. The summed E-state index contributed by atoms with van der Waals surface area (Å²) in [5.41, 5.74) is 2.00. The van der Waals surface area contributed by atoms with Crippen LogP contribution in [0.4, 0.5) is 5.82 Å². The Kier molecular flexibility index (Phi) is 3.79. The van der Waals surface area contributed by atoms with Crippen molar-refractivity contribution in [2.75, 3.05) is 5.32 Å². The minimum atomic E-state index is 0.504. The van der Waals surface area contributed by atoms with Crippen LogP contribution in [0.5, 0.6) is 0 Å². The van der Waals surface area contributed by atoms with Crippen LogP contribution in [-0.2, 0) is 6.54 Å². The fourth-order valence-electron chi connectivity index (χ4n) is 1.83. The van der Waals surface area contributed by atoms with Gasteiger partial charge in [-0.3, -0.25) is 0 Å². The van der Waals surface area contributed by atoms with E-state index in [-0.39, 0.29) is 0 Å². The Balaban J connectivity index is 1.70. The Bertz CT molecular complexity index is 728. The molecule has 0 fully saturated rings. The van der Waals surface area contributed by atoms with Crippen LogP contribution in [0.25, 0.3) is 11.4 Å². The smallest absolute Gasteiger partial charge is 0.214 e. The molecular weight excluding hydrogens is 290 g/mol. The van der Waals surface area contributed by atoms with Crippen molar-refractivity contribution in [1.82, 2.24) is 20.1 Å². The van der Waals surface area contributed by atoms with Crippen molar-refractivity contribution in [1.29, 1.82) is 0 Å². The van der Waals surface area contributed by atoms with Crippen molar-refractivity contribution < 1.29 is 4.52 Å². The largest absolute Gasteiger partial charge is 0.365 e. The Morgan fingerprint density at radius 3 is 2.71 bits per heavy atom. The summed E-state index contributed by atoms with van der Waals surface area (Å²) in [5.74, 6) is 1.88. The van der Waals surface area contributed by atoms with Crippen LogP contribution < -0.4 is 5.32 Å². The van der Waals surface area contributed by atoms with Crippen molar-refractivity contribution in [3.63, 3.8) is 0 Å². The van der Waals surface area contributed by atoms with Crippen LogP contribution in [0.1, 0.15) is 11.4 Å². The molecule has 0 saturated carbocycles. The summed E-state index contributed by atoms with van der Waals surface area (Å²) in [6.45, 7) is 2.43.